The molecule has 0 radical (unpaired) electrons. The van der Waals surface area contributed by atoms with Gasteiger partial charge < -0.3 is 24.4 Å². The van der Waals surface area contributed by atoms with Gasteiger partial charge in [0.2, 0.25) is 5.91 Å². The fourth-order valence-electron chi connectivity index (χ4n) is 3.66. The van der Waals surface area contributed by atoms with Gasteiger partial charge in [0.15, 0.2) is 5.82 Å². The van der Waals surface area contributed by atoms with E-state index in [0.717, 1.165) is 11.3 Å². The molecule has 2 aromatic heterocycles. The summed E-state index contributed by atoms with van der Waals surface area (Å²) in [6.45, 7) is 4.93. The van der Waals surface area contributed by atoms with Crippen LogP contribution in [0.2, 0.25) is 0 Å². The summed E-state index contributed by atoms with van der Waals surface area (Å²) in [4.78, 5) is 30.9. The van der Waals surface area contributed by atoms with Crippen molar-refractivity contribution < 1.29 is 23.8 Å². The molecular formula is C24H31N7O5. The Morgan fingerprint density at radius 1 is 1.25 bits per heavy atom. The minimum Gasteiger partial charge on any atom is -0.492 e. The molecule has 1 aliphatic heterocycles. The van der Waals surface area contributed by atoms with Gasteiger partial charge in [-0.2, -0.15) is 15.2 Å². The lowest BCUT2D eigenvalue weighted by molar-refractivity contribution is -0.131. The van der Waals surface area contributed by atoms with Crippen LogP contribution < -0.4 is 14.8 Å². The number of carbonyl (C=O) groups excluding carboxylic acids is 2. The van der Waals surface area contributed by atoms with Gasteiger partial charge in [-0.3, -0.25) is 14.3 Å². The Labute approximate surface area is 209 Å². The average Bonchev–Trinajstić information content (AvgIpc) is 3.56. The highest BCUT2D eigenvalue weighted by Crippen LogP contribution is 2.20. The molecule has 0 unspecified atom stereocenters. The van der Waals surface area contributed by atoms with Gasteiger partial charge in [-0.1, -0.05) is 17.7 Å². The molecule has 12 nitrogen and oxygen atoms in total. The molecule has 1 saturated heterocycles. The van der Waals surface area contributed by atoms with Crippen molar-refractivity contribution in [2.75, 3.05) is 32.1 Å². The predicted molar refractivity (Wildman–Crippen MR) is 130 cm³/mol. The second-order valence-corrected chi connectivity index (χ2v) is 8.76. The van der Waals surface area contributed by atoms with Crippen LogP contribution in [0, 0.1) is 13.8 Å². The van der Waals surface area contributed by atoms with Gasteiger partial charge in [0.1, 0.15) is 31.1 Å². The summed E-state index contributed by atoms with van der Waals surface area (Å²) in [5.74, 6) is 0.952. The first-order valence-electron chi connectivity index (χ1n) is 11.7. The topological polar surface area (TPSA) is 126 Å². The molecule has 2 amide bonds. The molecule has 0 saturated carbocycles. The summed E-state index contributed by atoms with van der Waals surface area (Å²) in [6, 6.07) is 8.15. The van der Waals surface area contributed by atoms with Crippen molar-refractivity contribution in [2.24, 2.45) is 7.05 Å². The van der Waals surface area contributed by atoms with E-state index >= 15 is 0 Å². The Morgan fingerprint density at radius 3 is 2.75 bits per heavy atom. The molecule has 3 heterocycles. The predicted octanol–water partition coefficient (Wildman–Crippen LogP) is 1.34. The molecule has 36 heavy (non-hydrogen) atoms. The maximum Gasteiger partial charge on any atom is 0.315 e. The fraction of sp³-hybridized carbons (Fsp3) is 0.458. The number of benzene rings is 1. The van der Waals surface area contributed by atoms with Gasteiger partial charge in [0, 0.05) is 26.7 Å². The summed E-state index contributed by atoms with van der Waals surface area (Å²) < 4.78 is 20.1. The van der Waals surface area contributed by atoms with E-state index in [1.54, 1.807) is 36.8 Å². The van der Waals surface area contributed by atoms with Gasteiger partial charge in [-0.25, -0.2) is 4.68 Å². The van der Waals surface area contributed by atoms with E-state index in [2.05, 4.69) is 20.5 Å². The zero-order valence-electron chi connectivity index (χ0n) is 20.9. The number of hydrogen-bond donors (Lipinski definition) is 1. The van der Waals surface area contributed by atoms with Crippen LogP contribution in [-0.2, 0) is 27.9 Å². The second-order valence-electron chi connectivity index (χ2n) is 8.76. The van der Waals surface area contributed by atoms with Gasteiger partial charge in [-0.05, 0) is 26.0 Å². The van der Waals surface area contributed by atoms with Crippen LogP contribution in [-0.4, -0.2) is 80.3 Å². The molecule has 4 rings (SSSR count). The highest BCUT2D eigenvalue weighted by Gasteiger charge is 2.33. The van der Waals surface area contributed by atoms with Gasteiger partial charge in [-0.15, -0.1) is 0 Å². The van der Waals surface area contributed by atoms with E-state index in [1.165, 1.54) is 10.9 Å². The minimum absolute atomic E-state index is 0.0455. The van der Waals surface area contributed by atoms with Crippen molar-refractivity contribution in [3.63, 3.8) is 0 Å². The molecule has 2 atom stereocenters. The Balaban J connectivity index is 1.19. The van der Waals surface area contributed by atoms with Crippen molar-refractivity contribution in [3.05, 3.63) is 48.0 Å². The lowest BCUT2D eigenvalue weighted by atomic mass is 10.2. The summed E-state index contributed by atoms with van der Waals surface area (Å²) in [7, 11) is 3.46. The lowest BCUT2D eigenvalue weighted by Gasteiger charge is -2.17. The SMILES string of the molecule is Cc1ccc(OCCN(C)C(=O)Cn2cc(NC(=O)[C@H]3C[C@H](Oc4nc(C)nn4C)CO3)cn2)cc1. The van der Waals surface area contributed by atoms with E-state index in [-0.39, 0.29) is 31.1 Å². The minimum atomic E-state index is -0.658. The molecule has 1 N–H and O–H groups in total. The van der Waals surface area contributed by atoms with Crippen LogP contribution in [0.3, 0.4) is 0 Å². The highest BCUT2D eigenvalue weighted by molar-refractivity contribution is 5.94. The standard InChI is InChI=1S/C24H31N7O5/c1-16-5-7-19(8-6-16)34-10-9-29(3)22(32)14-31-13-18(12-25-31)27-23(33)21-11-20(15-35-21)36-24-26-17(2)28-30(24)4/h5-8,12-13,20-21H,9-11,14-15H2,1-4H3,(H,27,33)/t20-,21+/m0/s1. The number of hydrogen-bond acceptors (Lipinski definition) is 8. The first-order valence-corrected chi connectivity index (χ1v) is 11.7. The molecule has 1 fully saturated rings. The highest BCUT2D eigenvalue weighted by atomic mass is 16.6. The van der Waals surface area contributed by atoms with E-state index < -0.39 is 6.10 Å². The summed E-state index contributed by atoms with van der Waals surface area (Å²) >= 11 is 0. The maximum atomic E-state index is 12.6. The molecule has 1 aromatic carbocycles. The molecule has 0 aliphatic carbocycles. The van der Waals surface area contributed by atoms with Gasteiger partial charge >= 0.3 is 6.01 Å². The van der Waals surface area contributed by atoms with Crippen LogP contribution in [0.5, 0.6) is 11.8 Å². The number of amides is 2. The zero-order valence-corrected chi connectivity index (χ0v) is 20.9. The first kappa shape index (κ1) is 25.2. The number of carbonyl (C=O) groups is 2. The number of anilines is 1. The number of aryl methyl sites for hydroxylation is 3. The number of nitrogens with zero attached hydrogens (tertiary/aromatic N) is 6. The van der Waals surface area contributed by atoms with Gasteiger partial charge in [0.05, 0.1) is 25.0 Å². The number of ether oxygens (including phenoxy) is 3. The molecule has 192 valence electrons. The van der Waals surface area contributed by atoms with Crippen molar-refractivity contribution in [2.45, 2.75) is 39.0 Å². The lowest BCUT2D eigenvalue weighted by Crippen LogP contribution is -2.33. The summed E-state index contributed by atoms with van der Waals surface area (Å²) in [5, 5.41) is 11.1. The van der Waals surface area contributed by atoms with Gasteiger partial charge in [0.25, 0.3) is 5.91 Å². The monoisotopic (exact) mass is 497 g/mol. The maximum absolute atomic E-state index is 12.6. The van der Waals surface area contributed by atoms with Crippen LogP contribution >= 0.6 is 0 Å². The Bertz CT molecular complexity index is 1190. The Kier molecular flexibility index (Phi) is 7.84. The summed E-state index contributed by atoms with van der Waals surface area (Å²) in [5.41, 5.74) is 1.64. The molecule has 0 bridgehead atoms. The first-order chi connectivity index (χ1) is 17.3. The number of nitrogens with one attached hydrogen (secondary N) is 1. The van der Waals surface area contributed by atoms with E-state index in [9.17, 15) is 9.59 Å². The third-order valence-corrected chi connectivity index (χ3v) is 5.69. The molecular weight excluding hydrogens is 466 g/mol. The molecule has 12 heteroatoms. The number of aromatic nitrogens is 5. The quantitative estimate of drug-likeness (QED) is 0.445. The van der Waals surface area contributed by atoms with E-state index in [4.69, 9.17) is 14.2 Å². The van der Waals surface area contributed by atoms with E-state index in [1.807, 2.05) is 31.2 Å². The van der Waals surface area contributed by atoms with Crippen molar-refractivity contribution in [1.82, 2.24) is 29.4 Å². The average molecular weight is 498 g/mol. The van der Waals surface area contributed by atoms with Crippen LogP contribution in [0.15, 0.2) is 36.7 Å². The molecule has 1 aliphatic rings. The Hall–Kier alpha value is -3.93. The largest absolute Gasteiger partial charge is 0.492 e. The zero-order chi connectivity index (χ0) is 25.7. The van der Waals surface area contributed by atoms with Crippen molar-refractivity contribution in [1.29, 1.82) is 0 Å². The van der Waals surface area contributed by atoms with E-state index in [0.29, 0.717) is 37.1 Å². The van der Waals surface area contributed by atoms with Crippen LogP contribution in [0.25, 0.3) is 0 Å². The number of rotatable bonds is 10. The fourth-order valence-corrected chi connectivity index (χ4v) is 3.66. The summed E-state index contributed by atoms with van der Waals surface area (Å²) in [6.07, 6.45) is 2.54. The third-order valence-electron chi connectivity index (χ3n) is 5.69. The van der Waals surface area contributed by atoms with Crippen molar-refractivity contribution >= 4 is 17.5 Å². The smallest absolute Gasteiger partial charge is 0.315 e. The Morgan fingerprint density at radius 2 is 2.03 bits per heavy atom. The molecule has 0 spiro atoms. The van der Waals surface area contributed by atoms with Crippen LogP contribution in [0.4, 0.5) is 5.69 Å². The normalized spacial score (nSPS) is 17.1. The van der Waals surface area contributed by atoms with Crippen molar-refractivity contribution in [3.8, 4) is 11.8 Å². The third kappa shape index (κ3) is 6.60. The molecule has 3 aromatic rings. The second kappa shape index (κ2) is 11.2. The van der Waals surface area contributed by atoms with Crippen LogP contribution in [0.1, 0.15) is 17.8 Å². The number of likely N-dealkylation sites (N-methyl/N-ethyl adjacent to an activating group) is 1.